The molecular formula is C22H39N3O2. The zero-order chi connectivity index (χ0) is 19.5. The third-order valence-electron chi connectivity index (χ3n) is 6.08. The maximum absolute atomic E-state index is 12.6. The number of unbranched alkanes of at least 4 members (excludes halogenated alkanes) is 1. The summed E-state index contributed by atoms with van der Waals surface area (Å²) in [5.74, 6) is 0.542. The zero-order valence-electron chi connectivity index (χ0n) is 17.3. The van der Waals surface area contributed by atoms with Gasteiger partial charge in [-0.1, -0.05) is 31.1 Å². The Labute approximate surface area is 165 Å². The average molecular weight is 378 g/mol. The molecule has 0 aromatic heterocycles. The third-order valence-corrected chi connectivity index (χ3v) is 6.08. The van der Waals surface area contributed by atoms with Gasteiger partial charge in [0.25, 0.3) is 0 Å². The Morgan fingerprint density at radius 3 is 2.93 bits per heavy atom. The van der Waals surface area contributed by atoms with Gasteiger partial charge in [0.1, 0.15) is 0 Å². The number of nitrogens with two attached hydrogens (primary N) is 1. The Bertz CT molecular complexity index is 518. The van der Waals surface area contributed by atoms with Crippen molar-refractivity contribution in [3.8, 4) is 0 Å². The van der Waals surface area contributed by atoms with Crippen LogP contribution in [0, 0.1) is 11.8 Å². The van der Waals surface area contributed by atoms with Crippen molar-refractivity contribution in [2.75, 3.05) is 33.9 Å². The van der Waals surface area contributed by atoms with Crippen molar-refractivity contribution in [3.63, 3.8) is 0 Å². The van der Waals surface area contributed by atoms with Gasteiger partial charge in [-0.15, -0.1) is 0 Å². The predicted octanol–water partition coefficient (Wildman–Crippen LogP) is 2.92. The van der Waals surface area contributed by atoms with Crippen LogP contribution in [0.5, 0.6) is 0 Å². The number of carbonyl (C=O) groups excluding carboxylic acids is 1. The molecule has 3 atom stereocenters. The molecule has 0 aromatic carbocycles. The third kappa shape index (κ3) is 6.74. The molecule has 0 bridgehead atoms. The monoisotopic (exact) mass is 377 g/mol. The van der Waals surface area contributed by atoms with Crippen LogP contribution in [0.15, 0.2) is 23.8 Å². The van der Waals surface area contributed by atoms with Crippen LogP contribution < -0.4 is 16.4 Å². The fourth-order valence-electron chi connectivity index (χ4n) is 4.61. The summed E-state index contributed by atoms with van der Waals surface area (Å²) in [5.41, 5.74) is 8.13. The van der Waals surface area contributed by atoms with Gasteiger partial charge in [0.05, 0.1) is 0 Å². The molecule has 0 saturated heterocycles. The van der Waals surface area contributed by atoms with Crippen LogP contribution in [0.4, 0.5) is 0 Å². The molecule has 2 rings (SSSR count). The lowest BCUT2D eigenvalue weighted by Crippen LogP contribution is -2.53. The Balaban J connectivity index is 2.05. The van der Waals surface area contributed by atoms with E-state index < -0.39 is 0 Å². The first-order valence-electron chi connectivity index (χ1n) is 10.7. The smallest absolute Gasteiger partial charge is 0.223 e. The zero-order valence-corrected chi connectivity index (χ0v) is 17.3. The summed E-state index contributed by atoms with van der Waals surface area (Å²) in [6.07, 6.45) is 16.2. The number of allylic oxidation sites excluding steroid dienone is 3. The van der Waals surface area contributed by atoms with Crippen LogP contribution in [0.3, 0.4) is 0 Å². The first-order valence-corrected chi connectivity index (χ1v) is 10.7. The molecule has 0 radical (unpaired) electrons. The minimum Gasteiger partial charge on any atom is -0.385 e. The van der Waals surface area contributed by atoms with Crippen LogP contribution >= 0.6 is 0 Å². The number of nitrogens with one attached hydrogen (secondary N) is 2. The van der Waals surface area contributed by atoms with Crippen molar-refractivity contribution in [1.82, 2.24) is 10.6 Å². The summed E-state index contributed by atoms with van der Waals surface area (Å²) < 4.78 is 5.22. The highest BCUT2D eigenvalue weighted by Gasteiger charge is 2.42. The maximum Gasteiger partial charge on any atom is 0.223 e. The van der Waals surface area contributed by atoms with Crippen molar-refractivity contribution in [2.45, 2.75) is 63.3 Å². The van der Waals surface area contributed by atoms with Crippen molar-refractivity contribution in [3.05, 3.63) is 23.8 Å². The Kier molecular flexibility index (Phi) is 9.52. The largest absolute Gasteiger partial charge is 0.385 e. The molecule has 0 heterocycles. The average Bonchev–Trinajstić information content (AvgIpc) is 2.68. The Hall–Kier alpha value is -1.17. The van der Waals surface area contributed by atoms with Crippen LogP contribution in [-0.2, 0) is 9.53 Å². The molecule has 4 N–H and O–H groups in total. The lowest BCUT2D eigenvalue weighted by Gasteiger charge is -2.44. The fraction of sp³-hybridized carbons (Fsp3) is 0.773. The van der Waals surface area contributed by atoms with E-state index in [9.17, 15) is 4.79 Å². The molecule has 3 unspecified atom stereocenters. The van der Waals surface area contributed by atoms with Gasteiger partial charge in [0.15, 0.2) is 0 Å². The molecule has 2 aliphatic rings. The number of rotatable bonds is 11. The molecule has 0 aromatic rings. The van der Waals surface area contributed by atoms with E-state index in [1.165, 1.54) is 5.57 Å². The van der Waals surface area contributed by atoms with Crippen molar-refractivity contribution in [1.29, 1.82) is 0 Å². The molecule has 0 aliphatic heterocycles. The minimum atomic E-state index is -0.288. The highest BCUT2D eigenvalue weighted by Crippen LogP contribution is 2.42. The lowest BCUT2D eigenvalue weighted by molar-refractivity contribution is -0.126. The van der Waals surface area contributed by atoms with E-state index in [1.807, 2.05) is 7.05 Å². The van der Waals surface area contributed by atoms with Crippen molar-refractivity contribution >= 4 is 5.91 Å². The SMILES string of the molecule is CNCCNC(=O)C1CCCC(N)(C(CCCCOC)C2=CCCC=C2)C1. The highest BCUT2D eigenvalue weighted by molar-refractivity contribution is 5.78. The molecule has 2 aliphatic carbocycles. The fourth-order valence-corrected chi connectivity index (χ4v) is 4.61. The summed E-state index contributed by atoms with van der Waals surface area (Å²) in [5, 5.41) is 6.14. The van der Waals surface area contributed by atoms with Gasteiger partial charge in [-0.05, 0) is 57.6 Å². The number of hydrogen-bond acceptors (Lipinski definition) is 4. The summed E-state index contributed by atoms with van der Waals surface area (Å²) in [6, 6.07) is 0. The summed E-state index contributed by atoms with van der Waals surface area (Å²) in [7, 11) is 3.66. The molecular weight excluding hydrogens is 338 g/mol. The number of likely N-dealkylation sites (N-methyl/N-ethyl adjacent to an activating group) is 1. The van der Waals surface area contributed by atoms with Gasteiger partial charge in [-0.25, -0.2) is 0 Å². The summed E-state index contributed by atoms with van der Waals surface area (Å²) in [4.78, 5) is 12.6. The first-order chi connectivity index (χ1) is 13.1. The lowest BCUT2D eigenvalue weighted by atomic mass is 9.65. The number of hydrogen-bond donors (Lipinski definition) is 3. The van der Waals surface area contributed by atoms with Gasteiger partial charge in [0, 0.05) is 44.2 Å². The number of amides is 1. The summed E-state index contributed by atoms with van der Waals surface area (Å²) in [6.45, 7) is 2.28. The van der Waals surface area contributed by atoms with Crippen LogP contribution in [0.25, 0.3) is 0 Å². The van der Waals surface area contributed by atoms with Crippen molar-refractivity contribution < 1.29 is 9.53 Å². The van der Waals surface area contributed by atoms with Gasteiger partial charge < -0.3 is 21.1 Å². The molecule has 1 fully saturated rings. The van der Waals surface area contributed by atoms with Crippen LogP contribution in [-0.4, -0.2) is 45.3 Å². The first kappa shape index (κ1) is 22.1. The molecule has 5 nitrogen and oxygen atoms in total. The van der Waals surface area contributed by atoms with Crippen molar-refractivity contribution in [2.24, 2.45) is 17.6 Å². The normalized spacial score (nSPS) is 26.5. The highest BCUT2D eigenvalue weighted by atomic mass is 16.5. The Morgan fingerprint density at radius 2 is 2.22 bits per heavy atom. The number of ether oxygens (including phenoxy) is 1. The molecule has 0 spiro atoms. The van der Waals surface area contributed by atoms with E-state index in [1.54, 1.807) is 7.11 Å². The standard InChI is InChI=1S/C22H39N3O2/c1-24-14-15-25-21(26)19-11-8-13-22(23,17-19)20(12-6-7-16-27-2)18-9-4-3-5-10-18/h4,9-10,19-20,24H,3,5-8,11-17,23H2,1-2H3,(H,25,26). The topological polar surface area (TPSA) is 76.4 Å². The van der Waals surface area contributed by atoms with E-state index in [2.05, 4.69) is 28.9 Å². The van der Waals surface area contributed by atoms with E-state index in [-0.39, 0.29) is 17.4 Å². The molecule has 5 heteroatoms. The van der Waals surface area contributed by atoms with Crippen LogP contribution in [0.2, 0.25) is 0 Å². The predicted molar refractivity (Wildman–Crippen MR) is 111 cm³/mol. The second-order valence-electron chi connectivity index (χ2n) is 8.15. The van der Waals surface area contributed by atoms with Crippen LogP contribution in [0.1, 0.15) is 57.8 Å². The molecule has 1 saturated carbocycles. The quantitative estimate of drug-likeness (QED) is 0.484. The minimum absolute atomic E-state index is 0.0373. The number of carbonyl (C=O) groups is 1. The Morgan fingerprint density at radius 1 is 1.37 bits per heavy atom. The molecule has 1 amide bonds. The van der Waals surface area contributed by atoms with Gasteiger partial charge in [0.2, 0.25) is 5.91 Å². The van der Waals surface area contributed by atoms with E-state index in [0.29, 0.717) is 12.5 Å². The van der Waals surface area contributed by atoms with Gasteiger partial charge >= 0.3 is 0 Å². The summed E-state index contributed by atoms with van der Waals surface area (Å²) >= 11 is 0. The van der Waals surface area contributed by atoms with Gasteiger partial charge in [-0.3, -0.25) is 4.79 Å². The van der Waals surface area contributed by atoms with E-state index >= 15 is 0 Å². The van der Waals surface area contributed by atoms with Gasteiger partial charge in [-0.2, -0.15) is 0 Å². The molecule has 154 valence electrons. The maximum atomic E-state index is 12.6. The van der Waals surface area contributed by atoms with E-state index in [0.717, 1.165) is 70.9 Å². The van der Waals surface area contributed by atoms with E-state index in [4.69, 9.17) is 10.5 Å². The number of methoxy groups -OCH3 is 1. The second kappa shape index (κ2) is 11.6. The second-order valence-corrected chi connectivity index (χ2v) is 8.15. The molecule has 27 heavy (non-hydrogen) atoms.